The van der Waals surface area contributed by atoms with Gasteiger partial charge < -0.3 is 0 Å². The Balaban J connectivity index is 2.36. The molecule has 0 radical (unpaired) electrons. The van der Waals surface area contributed by atoms with Crippen molar-refractivity contribution in [3.05, 3.63) is 35.4 Å². The first kappa shape index (κ1) is 11.4. The van der Waals surface area contributed by atoms with Crippen molar-refractivity contribution in [3.8, 4) is 0 Å². The molecule has 0 saturated carbocycles. The zero-order chi connectivity index (χ0) is 11.9. The van der Waals surface area contributed by atoms with E-state index in [1.807, 2.05) is 0 Å². The van der Waals surface area contributed by atoms with Gasteiger partial charge in [-0.25, -0.2) is 4.31 Å². The summed E-state index contributed by atoms with van der Waals surface area (Å²) in [7, 11) is -1.54. The molecule has 0 bridgehead atoms. The number of benzene rings is 1. The number of carbonyl (C=O) groups is 2. The van der Waals surface area contributed by atoms with Crippen LogP contribution in [0.1, 0.15) is 20.7 Å². The number of amides is 2. The lowest BCUT2D eigenvalue weighted by Crippen LogP contribution is -2.30. The fraction of sp³-hybridized carbons (Fsp3) is 0.273. The molecular formula is C11H13NO2SSi. The zero-order valence-electron chi connectivity index (χ0n) is 9.48. The maximum atomic E-state index is 12.0. The van der Waals surface area contributed by atoms with Crippen LogP contribution >= 0.6 is 11.4 Å². The van der Waals surface area contributed by atoms with Gasteiger partial charge in [-0.1, -0.05) is 43.2 Å². The van der Waals surface area contributed by atoms with Gasteiger partial charge in [-0.3, -0.25) is 9.59 Å². The smallest absolute Gasteiger partial charge is 0.268 e. The van der Waals surface area contributed by atoms with Gasteiger partial charge in [0.1, 0.15) is 7.22 Å². The molecule has 1 aliphatic rings. The van der Waals surface area contributed by atoms with Gasteiger partial charge in [0, 0.05) is 0 Å². The van der Waals surface area contributed by atoms with Gasteiger partial charge in [-0.2, -0.15) is 0 Å². The Hall–Kier alpha value is -1.07. The molecule has 0 saturated heterocycles. The molecule has 0 spiro atoms. The van der Waals surface area contributed by atoms with Crippen LogP contribution in [0.3, 0.4) is 0 Å². The number of rotatable bonds is 2. The van der Waals surface area contributed by atoms with E-state index in [2.05, 4.69) is 19.6 Å². The van der Waals surface area contributed by atoms with Gasteiger partial charge in [-0.15, -0.1) is 0 Å². The molecule has 0 atom stereocenters. The quantitative estimate of drug-likeness (QED) is 0.461. The molecule has 0 aromatic heterocycles. The highest BCUT2D eigenvalue weighted by atomic mass is 32.4. The highest BCUT2D eigenvalue weighted by Crippen LogP contribution is 2.33. The van der Waals surface area contributed by atoms with E-state index in [1.54, 1.807) is 24.3 Å². The number of imide groups is 1. The molecule has 3 nitrogen and oxygen atoms in total. The van der Waals surface area contributed by atoms with Crippen molar-refractivity contribution in [2.24, 2.45) is 0 Å². The second kappa shape index (κ2) is 3.75. The van der Waals surface area contributed by atoms with Crippen molar-refractivity contribution in [2.75, 3.05) is 0 Å². The second-order valence-electron chi connectivity index (χ2n) is 4.65. The monoisotopic (exact) mass is 251 g/mol. The fourth-order valence-electron chi connectivity index (χ4n) is 1.52. The van der Waals surface area contributed by atoms with Gasteiger partial charge in [0.2, 0.25) is 0 Å². The van der Waals surface area contributed by atoms with E-state index in [0.717, 1.165) is 0 Å². The minimum atomic E-state index is -1.54. The van der Waals surface area contributed by atoms with E-state index in [4.69, 9.17) is 0 Å². The SMILES string of the molecule is C[Si](C)(C)SN1C(=O)c2ccccc2C1=O. The second-order valence-corrected chi connectivity index (χ2v) is 13.6. The maximum Gasteiger partial charge on any atom is 0.271 e. The average Bonchev–Trinajstić information content (AvgIpc) is 2.43. The largest absolute Gasteiger partial charge is 0.271 e. The first-order valence-corrected chi connectivity index (χ1v) is 10.1. The van der Waals surface area contributed by atoms with Crippen LogP contribution in [0.5, 0.6) is 0 Å². The van der Waals surface area contributed by atoms with Gasteiger partial charge in [-0.05, 0) is 12.1 Å². The molecule has 0 fully saturated rings. The topological polar surface area (TPSA) is 37.4 Å². The summed E-state index contributed by atoms with van der Waals surface area (Å²) in [6, 6.07) is 6.99. The molecule has 2 amide bonds. The van der Waals surface area contributed by atoms with Crippen LogP contribution in [0.2, 0.25) is 19.6 Å². The third kappa shape index (κ3) is 1.92. The number of fused-ring (bicyclic) bond motifs is 1. The van der Waals surface area contributed by atoms with E-state index in [1.165, 1.54) is 15.7 Å². The lowest BCUT2D eigenvalue weighted by atomic mass is 10.1. The molecule has 2 rings (SSSR count). The van der Waals surface area contributed by atoms with E-state index in [0.29, 0.717) is 11.1 Å². The van der Waals surface area contributed by atoms with Crippen molar-refractivity contribution in [2.45, 2.75) is 19.6 Å². The van der Waals surface area contributed by atoms with Crippen LogP contribution < -0.4 is 0 Å². The molecule has 0 unspecified atom stereocenters. The average molecular weight is 251 g/mol. The molecule has 0 N–H and O–H groups in total. The van der Waals surface area contributed by atoms with Crippen molar-refractivity contribution in [1.29, 1.82) is 0 Å². The molecule has 1 aromatic carbocycles. The van der Waals surface area contributed by atoms with E-state index in [9.17, 15) is 9.59 Å². The number of hydrogen-bond donors (Lipinski definition) is 0. The van der Waals surface area contributed by atoms with Gasteiger partial charge in [0.15, 0.2) is 0 Å². The minimum absolute atomic E-state index is 0.173. The third-order valence-electron chi connectivity index (χ3n) is 2.12. The Labute approximate surface area is 99.6 Å². The molecule has 1 aromatic rings. The fourth-order valence-corrected chi connectivity index (χ4v) is 4.57. The van der Waals surface area contributed by atoms with E-state index >= 15 is 0 Å². The van der Waals surface area contributed by atoms with Crippen molar-refractivity contribution < 1.29 is 9.59 Å². The highest BCUT2D eigenvalue weighted by Gasteiger charge is 2.38. The number of hydrogen-bond acceptors (Lipinski definition) is 3. The summed E-state index contributed by atoms with van der Waals surface area (Å²) < 4.78 is 1.32. The van der Waals surface area contributed by atoms with Crippen LogP contribution in [-0.2, 0) is 0 Å². The van der Waals surface area contributed by atoms with Gasteiger partial charge in [0.25, 0.3) is 11.8 Å². The van der Waals surface area contributed by atoms with Crippen molar-refractivity contribution in [3.63, 3.8) is 0 Å². The zero-order valence-corrected chi connectivity index (χ0v) is 11.3. The number of nitrogens with zero attached hydrogens (tertiary/aromatic N) is 1. The first-order valence-electron chi connectivity index (χ1n) is 5.07. The summed E-state index contributed by atoms with van der Waals surface area (Å²) in [5.41, 5.74) is 1.05. The van der Waals surface area contributed by atoms with E-state index < -0.39 is 7.22 Å². The lowest BCUT2D eigenvalue weighted by molar-refractivity contribution is 0.0778. The van der Waals surface area contributed by atoms with Gasteiger partial charge >= 0.3 is 0 Å². The minimum Gasteiger partial charge on any atom is -0.268 e. The van der Waals surface area contributed by atoms with Crippen LogP contribution in [0.4, 0.5) is 0 Å². The van der Waals surface area contributed by atoms with Crippen LogP contribution in [0.25, 0.3) is 0 Å². The molecule has 5 heteroatoms. The Kier molecular flexibility index (Phi) is 2.67. The first-order chi connectivity index (χ1) is 7.40. The molecule has 1 aliphatic heterocycles. The summed E-state index contributed by atoms with van der Waals surface area (Å²) in [6.45, 7) is 6.34. The van der Waals surface area contributed by atoms with Gasteiger partial charge in [0.05, 0.1) is 11.1 Å². The van der Waals surface area contributed by atoms with Crippen LogP contribution in [0.15, 0.2) is 24.3 Å². The Morgan fingerprint density at radius 2 is 1.44 bits per heavy atom. The molecule has 16 heavy (non-hydrogen) atoms. The summed E-state index contributed by atoms with van der Waals surface area (Å²) in [5, 5.41) is 0. The van der Waals surface area contributed by atoms with Crippen molar-refractivity contribution >= 4 is 30.4 Å². The lowest BCUT2D eigenvalue weighted by Gasteiger charge is -2.21. The maximum absolute atomic E-state index is 12.0. The summed E-state index contributed by atoms with van der Waals surface area (Å²) in [4.78, 5) is 24.0. The Morgan fingerprint density at radius 3 is 1.81 bits per heavy atom. The molecule has 0 aliphatic carbocycles. The summed E-state index contributed by atoms with van der Waals surface area (Å²) in [6.07, 6.45) is 0. The summed E-state index contributed by atoms with van der Waals surface area (Å²) >= 11 is 1.41. The Bertz CT molecular complexity index is 432. The third-order valence-corrected chi connectivity index (χ3v) is 5.37. The predicted octanol–water partition coefficient (Wildman–Crippen LogP) is 2.77. The van der Waals surface area contributed by atoms with Crippen LogP contribution in [0, 0.1) is 0 Å². The number of carbonyl (C=O) groups excluding carboxylic acids is 2. The predicted molar refractivity (Wildman–Crippen MR) is 67.9 cm³/mol. The Morgan fingerprint density at radius 1 is 1.00 bits per heavy atom. The van der Waals surface area contributed by atoms with E-state index in [-0.39, 0.29) is 11.8 Å². The summed E-state index contributed by atoms with van der Waals surface area (Å²) in [5.74, 6) is -0.346. The normalized spacial score (nSPS) is 15.6. The van der Waals surface area contributed by atoms with Crippen LogP contribution in [-0.4, -0.2) is 23.3 Å². The molecule has 1 heterocycles. The van der Waals surface area contributed by atoms with Crippen molar-refractivity contribution in [1.82, 2.24) is 4.31 Å². The molecular weight excluding hydrogens is 238 g/mol. The highest BCUT2D eigenvalue weighted by molar-refractivity contribution is 8.27. The standard InChI is InChI=1S/C11H13NO2SSi/c1-16(2,3)15-12-10(13)8-6-4-5-7-9(8)11(12)14/h4-7H,1-3H3. The molecule has 84 valence electrons.